The average Bonchev–Trinajstić information content (AvgIpc) is 3.18. The van der Waals surface area contributed by atoms with Gasteiger partial charge in [0.25, 0.3) is 0 Å². The normalized spacial score (nSPS) is 11.0. The molecule has 1 aromatic carbocycles. The number of aromatic nitrogens is 6. The first-order valence-electron chi connectivity index (χ1n) is 8.45. The topological polar surface area (TPSA) is 84.3 Å². The summed E-state index contributed by atoms with van der Waals surface area (Å²) in [4.78, 5) is 8.56. The Morgan fingerprint density at radius 3 is 2.52 bits per heavy atom. The number of H-pyrrole nitrogens is 1. The molecule has 0 radical (unpaired) electrons. The molecule has 0 amide bonds. The fraction of sp³-hybridized carbons (Fsp3) is 0.158. The van der Waals surface area contributed by atoms with Gasteiger partial charge in [0.1, 0.15) is 18.0 Å². The van der Waals surface area contributed by atoms with Gasteiger partial charge in [0.15, 0.2) is 11.6 Å². The third-order valence-electron chi connectivity index (χ3n) is 4.27. The number of nitrogens with zero attached hydrogens (tertiary/aromatic N) is 5. The van der Waals surface area contributed by atoms with Gasteiger partial charge in [-0.25, -0.2) is 19.0 Å². The van der Waals surface area contributed by atoms with Crippen molar-refractivity contribution in [2.75, 3.05) is 5.32 Å². The number of aromatic amines is 1. The highest BCUT2D eigenvalue weighted by molar-refractivity contribution is 5.70. The predicted octanol–water partition coefficient (Wildman–Crippen LogP) is 3.86. The summed E-state index contributed by atoms with van der Waals surface area (Å²) >= 11 is 0. The van der Waals surface area contributed by atoms with Crippen molar-refractivity contribution in [2.45, 2.75) is 20.8 Å². The molecule has 3 heterocycles. The van der Waals surface area contributed by atoms with Crippen molar-refractivity contribution < 1.29 is 4.39 Å². The molecular weight excluding hydrogens is 345 g/mol. The first-order chi connectivity index (χ1) is 13.0. The zero-order valence-electron chi connectivity index (χ0n) is 15.2. The quantitative estimate of drug-likeness (QED) is 0.575. The molecule has 0 saturated heterocycles. The maximum absolute atomic E-state index is 13.1. The van der Waals surface area contributed by atoms with Gasteiger partial charge in [-0.15, -0.1) is 0 Å². The molecule has 8 heteroatoms. The Balaban J connectivity index is 1.63. The second kappa shape index (κ2) is 6.64. The van der Waals surface area contributed by atoms with E-state index in [4.69, 9.17) is 0 Å². The van der Waals surface area contributed by atoms with Crippen LogP contribution >= 0.6 is 0 Å². The molecule has 0 bridgehead atoms. The van der Waals surface area contributed by atoms with Crippen LogP contribution in [0.25, 0.3) is 17.1 Å². The van der Waals surface area contributed by atoms with Crippen molar-refractivity contribution in [3.63, 3.8) is 0 Å². The number of halogens is 1. The fourth-order valence-corrected chi connectivity index (χ4v) is 2.93. The maximum Gasteiger partial charge on any atom is 0.159 e. The second-order valence-corrected chi connectivity index (χ2v) is 6.30. The Morgan fingerprint density at radius 1 is 1.04 bits per heavy atom. The minimum absolute atomic E-state index is 0.271. The zero-order valence-corrected chi connectivity index (χ0v) is 15.2. The lowest BCUT2D eigenvalue weighted by atomic mass is 10.1. The highest BCUT2D eigenvalue weighted by Gasteiger charge is 2.13. The summed E-state index contributed by atoms with van der Waals surface area (Å²) in [7, 11) is 0. The molecule has 0 aliphatic heterocycles. The predicted molar refractivity (Wildman–Crippen MR) is 101 cm³/mol. The van der Waals surface area contributed by atoms with Crippen molar-refractivity contribution in [3.8, 4) is 17.1 Å². The second-order valence-electron chi connectivity index (χ2n) is 6.30. The summed E-state index contributed by atoms with van der Waals surface area (Å²) in [5, 5.41) is 15.0. The molecule has 0 fully saturated rings. The summed E-state index contributed by atoms with van der Waals surface area (Å²) in [5.74, 6) is 1.65. The van der Waals surface area contributed by atoms with Gasteiger partial charge in [-0.1, -0.05) is 0 Å². The summed E-state index contributed by atoms with van der Waals surface area (Å²) in [6.07, 6.45) is 1.48. The SMILES string of the molecule is Cc1cc(C)n(-c2cc(Nc3n[nH]c(-c4ccc(F)cc4)c3C)ncn2)n1. The van der Waals surface area contributed by atoms with Crippen LogP contribution in [0.4, 0.5) is 16.0 Å². The van der Waals surface area contributed by atoms with Crippen LogP contribution in [-0.4, -0.2) is 29.9 Å². The highest BCUT2D eigenvalue weighted by atomic mass is 19.1. The van der Waals surface area contributed by atoms with Crippen LogP contribution in [0.1, 0.15) is 17.0 Å². The standard InChI is InChI=1S/C19H18FN7/c1-11-8-12(2)27(26-11)17-9-16(21-10-22-17)23-19-13(3)18(24-25-19)14-4-6-15(20)7-5-14/h4-10H,1-3H3,(H2,21,22,23,24,25). The van der Waals surface area contributed by atoms with Gasteiger partial charge in [-0.3, -0.25) is 5.10 Å². The van der Waals surface area contributed by atoms with Crippen molar-refractivity contribution >= 4 is 11.6 Å². The Morgan fingerprint density at radius 2 is 1.81 bits per heavy atom. The lowest BCUT2D eigenvalue weighted by Crippen LogP contribution is -2.04. The number of benzene rings is 1. The number of hydrogen-bond donors (Lipinski definition) is 2. The van der Waals surface area contributed by atoms with Crippen LogP contribution in [-0.2, 0) is 0 Å². The van der Waals surface area contributed by atoms with Gasteiger partial charge >= 0.3 is 0 Å². The van der Waals surface area contributed by atoms with Crippen LogP contribution in [0.2, 0.25) is 0 Å². The Hall–Kier alpha value is -3.55. The number of hydrogen-bond acceptors (Lipinski definition) is 5. The molecule has 7 nitrogen and oxygen atoms in total. The van der Waals surface area contributed by atoms with E-state index < -0.39 is 0 Å². The molecule has 0 aliphatic rings. The number of rotatable bonds is 4. The van der Waals surface area contributed by atoms with Gasteiger partial charge < -0.3 is 5.32 Å². The minimum Gasteiger partial charge on any atom is -0.323 e. The lowest BCUT2D eigenvalue weighted by molar-refractivity contribution is 0.628. The van der Waals surface area contributed by atoms with Gasteiger partial charge in [-0.05, 0) is 51.1 Å². The lowest BCUT2D eigenvalue weighted by Gasteiger charge is -2.07. The van der Waals surface area contributed by atoms with Crippen molar-refractivity contribution in [3.05, 3.63) is 65.5 Å². The van der Waals surface area contributed by atoms with Crippen molar-refractivity contribution in [1.82, 2.24) is 29.9 Å². The zero-order chi connectivity index (χ0) is 19.0. The van der Waals surface area contributed by atoms with Gasteiger partial charge in [0.05, 0.1) is 11.4 Å². The smallest absolute Gasteiger partial charge is 0.159 e. The molecule has 0 saturated carbocycles. The molecule has 0 aliphatic carbocycles. The van der Waals surface area contributed by atoms with Crippen LogP contribution < -0.4 is 5.32 Å². The van der Waals surface area contributed by atoms with E-state index in [-0.39, 0.29) is 5.82 Å². The van der Waals surface area contributed by atoms with E-state index in [1.54, 1.807) is 16.8 Å². The van der Waals surface area contributed by atoms with Crippen LogP contribution in [0.15, 0.2) is 42.7 Å². The molecule has 0 spiro atoms. The Kier molecular flexibility index (Phi) is 4.15. The van der Waals surface area contributed by atoms with Gasteiger partial charge in [-0.2, -0.15) is 10.2 Å². The van der Waals surface area contributed by atoms with E-state index in [0.29, 0.717) is 17.5 Å². The maximum atomic E-state index is 13.1. The van der Waals surface area contributed by atoms with Crippen molar-refractivity contribution in [2.24, 2.45) is 0 Å². The molecular formula is C19H18FN7. The van der Waals surface area contributed by atoms with Crippen molar-refractivity contribution in [1.29, 1.82) is 0 Å². The Labute approximate surface area is 155 Å². The number of aryl methyl sites for hydroxylation is 2. The molecule has 4 rings (SSSR count). The summed E-state index contributed by atoms with van der Waals surface area (Å²) < 4.78 is 14.9. The average molecular weight is 363 g/mol. The van der Waals surface area contributed by atoms with Gasteiger partial charge in [0, 0.05) is 22.9 Å². The van der Waals surface area contributed by atoms with Crippen LogP contribution in [0.5, 0.6) is 0 Å². The molecule has 27 heavy (non-hydrogen) atoms. The van der Waals surface area contributed by atoms with Crippen LogP contribution in [0.3, 0.4) is 0 Å². The molecule has 0 atom stereocenters. The van der Waals surface area contributed by atoms with E-state index >= 15 is 0 Å². The van der Waals surface area contributed by atoms with E-state index in [1.165, 1.54) is 18.5 Å². The number of nitrogens with one attached hydrogen (secondary N) is 2. The first kappa shape index (κ1) is 16.9. The third-order valence-corrected chi connectivity index (χ3v) is 4.27. The summed E-state index contributed by atoms with van der Waals surface area (Å²) in [5.41, 5.74) is 4.51. The molecule has 136 valence electrons. The molecule has 0 unspecified atom stereocenters. The van der Waals surface area contributed by atoms with Crippen LogP contribution in [0, 0.1) is 26.6 Å². The largest absolute Gasteiger partial charge is 0.323 e. The van der Waals surface area contributed by atoms with E-state index in [1.807, 2.05) is 32.9 Å². The van der Waals surface area contributed by atoms with Gasteiger partial charge in [0.2, 0.25) is 0 Å². The first-order valence-corrected chi connectivity index (χ1v) is 8.45. The van der Waals surface area contributed by atoms with E-state index in [2.05, 4.69) is 30.6 Å². The molecule has 2 N–H and O–H groups in total. The molecule has 3 aromatic heterocycles. The van der Waals surface area contributed by atoms with E-state index in [0.717, 1.165) is 28.2 Å². The number of anilines is 2. The third kappa shape index (κ3) is 3.29. The van der Waals surface area contributed by atoms with E-state index in [9.17, 15) is 4.39 Å². The summed E-state index contributed by atoms with van der Waals surface area (Å²) in [6.45, 7) is 5.85. The molecule has 4 aromatic rings. The monoisotopic (exact) mass is 363 g/mol. The fourth-order valence-electron chi connectivity index (χ4n) is 2.93. The minimum atomic E-state index is -0.271. The summed E-state index contributed by atoms with van der Waals surface area (Å²) in [6, 6.07) is 10.1. The Bertz CT molecular complexity index is 1100. The highest BCUT2D eigenvalue weighted by Crippen LogP contribution is 2.27.